The first-order valence-electron chi connectivity index (χ1n) is 6.73. The fourth-order valence-corrected chi connectivity index (χ4v) is 2.50. The van der Waals surface area contributed by atoms with Gasteiger partial charge in [-0.25, -0.2) is 4.79 Å². The van der Waals surface area contributed by atoms with Crippen molar-refractivity contribution < 1.29 is 19.1 Å². The second-order valence-electron chi connectivity index (χ2n) is 4.98. The summed E-state index contributed by atoms with van der Waals surface area (Å²) in [6.07, 6.45) is 0. The van der Waals surface area contributed by atoms with Gasteiger partial charge in [0.15, 0.2) is 0 Å². The van der Waals surface area contributed by atoms with E-state index in [0.717, 1.165) is 4.90 Å². The van der Waals surface area contributed by atoms with Crippen molar-refractivity contribution in [3.8, 4) is 0 Å². The maximum Gasteiger partial charge on any atom is 0.328 e. The summed E-state index contributed by atoms with van der Waals surface area (Å²) in [5, 5.41) is 0. The molecule has 1 fully saturated rings. The molecule has 1 atom stereocenters. The van der Waals surface area contributed by atoms with Crippen LogP contribution in [0.3, 0.4) is 0 Å². The molecule has 1 heterocycles. The number of ether oxygens (including phenoxy) is 1. The summed E-state index contributed by atoms with van der Waals surface area (Å²) < 4.78 is 4.89. The normalized spacial score (nSPS) is 21.9. The molecular formula is C15H18N2O4. The lowest BCUT2D eigenvalue weighted by molar-refractivity contribution is -0.145. The highest BCUT2D eigenvalue weighted by molar-refractivity contribution is 6.07. The molecule has 1 aromatic rings. The standard InChI is InChI=1S/C15H18N2O4/c1-4-21-12(18)10-17-14(20)16(3)13(19)15(17,2)11-8-6-5-7-9-11/h5-9H,4,10H2,1-3H3/t15-/m1/s1. The molecule has 1 saturated heterocycles. The largest absolute Gasteiger partial charge is 0.465 e. The Morgan fingerprint density at radius 1 is 1.24 bits per heavy atom. The van der Waals surface area contributed by atoms with E-state index in [1.165, 1.54) is 11.9 Å². The van der Waals surface area contributed by atoms with Crippen LogP contribution < -0.4 is 0 Å². The van der Waals surface area contributed by atoms with E-state index in [1.807, 2.05) is 6.07 Å². The Morgan fingerprint density at radius 3 is 2.43 bits per heavy atom. The van der Waals surface area contributed by atoms with Gasteiger partial charge in [-0.3, -0.25) is 19.4 Å². The van der Waals surface area contributed by atoms with Gasteiger partial charge in [-0.1, -0.05) is 30.3 Å². The minimum atomic E-state index is -1.19. The van der Waals surface area contributed by atoms with E-state index in [4.69, 9.17) is 4.74 Å². The lowest BCUT2D eigenvalue weighted by Gasteiger charge is -2.31. The minimum Gasteiger partial charge on any atom is -0.465 e. The average Bonchev–Trinajstić information content (AvgIpc) is 2.65. The van der Waals surface area contributed by atoms with E-state index in [2.05, 4.69) is 0 Å². The molecule has 0 N–H and O–H groups in total. The molecule has 6 nitrogen and oxygen atoms in total. The zero-order valence-corrected chi connectivity index (χ0v) is 12.3. The Kier molecular flexibility index (Phi) is 3.97. The van der Waals surface area contributed by atoms with Crippen LogP contribution in [0.4, 0.5) is 4.79 Å². The molecule has 0 bridgehead atoms. The molecule has 0 unspecified atom stereocenters. The van der Waals surface area contributed by atoms with E-state index in [-0.39, 0.29) is 19.1 Å². The van der Waals surface area contributed by atoms with Gasteiger partial charge in [-0.05, 0) is 19.4 Å². The first-order valence-corrected chi connectivity index (χ1v) is 6.73. The number of imide groups is 1. The Balaban J connectivity index is 2.42. The second kappa shape index (κ2) is 5.55. The zero-order chi connectivity index (χ0) is 15.6. The maximum absolute atomic E-state index is 12.5. The molecule has 6 heteroatoms. The Bertz CT molecular complexity index is 572. The van der Waals surface area contributed by atoms with Gasteiger partial charge in [0.1, 0.15) is 12.1 Å². The SMILES string of the molecule is CCOC(=O)CN1C(=O)N(C)C(=O)[C@@]1(C)c1ccccc1. The van der Waals surface area contributed by atoms with Crippen LogP contribution in [0.5, 0.6) is 0 Å². The molecular weight excluding hydrogens is 272 g/mol. The van der Waals surface area contributed by atoms with Crippen LogP contribution in [-0.4, -0.2) is 47.9 Å². The first-order chi connectivity index (χ1) is 9.92. The van der Waals surface area contributed by atoms with Gasteiger partial charge in [-0.2, -0.15) is 0 Å². The van der Waals surface area contributed by atoms with Crippen molar-refractivity contribution in [3.63, 3.8) is 0 Å². The van der Waals surface area contributed by atoms with Crippen molar-refractivity contribution in [2.45, 2.75) is 19.4 Å². The summed E-state index contributed by atoms with van der Waals surface area (Å²) in [6.45, 7) is 3.31. The predicted octanol–water partition coefficient (Wildman–Crippen LogP) is 1.36. The number of carbonyl (C=O) groups excluding carboxylic acids is 3. The minimum absolute atomic E-state index is 0.229. The quantitative estimate of drug-likeness (QED) is 0.620. The lowest BCUT2D eigenvalue weighted by Crippen LogP contribution is -2.47. The molecule has 2 rings (SSSR count). The monoisotopic (exact) mass is 290 g/mol. The van der Waals surface area contributed by atoms with E-state index < -0.39 is 17.5 Å². The average molecular weight is 290 g/mol. The van der Waals surface area contributed by atoms with Crippen LogP contribution in [0.15, 0.2) is 30.3 Å². The van der Waals surface area contributed by atoms with Crippen molar-refractivity contribution in [1.29, 1.82) is 0 Å². The van der Waals surface area contributed by atoms with Crippen LogP contribution in [0.25, 0.3) is 0 Å². The highest BCUT2D eigenvalue weighted by Gasteiger charge is 2.54. The van der Waals surface area contributed by atoms with Crippen LogP contribution in [0.1, 0.15) is 19.4 Å². The number of hydrogen-bond donors (Lipinski definition) is 0. The highest BCUT2D eigenvalue weighted by Crippen LogP contribution is 2.36. The van der Waals surface area contributed by atoms with Gasteiger partial charge >= 0.3 is 12.0 Å². The molecule has 112 valence electrons. The molecule has 0 aliphatic carbocycles. The Hall–Kier alpha value is -2.37. The molecule has 3 amide bonds. The molecule has 0 radical (unpaired) electrons. The van der Waals surface area contributed by atoms with E-state index in [9.17, 15) is 14.4 Å². The van der Waals surface area contributed by atoms with Gasteiger partial charge in [-0.15, -0.1) is 0 Å². The van der Waals surface area contributed by atoms with Crippen molar-refractivity contribution in [1.82, 2.24) is 9.80 Å². The molecule has 1 aliphatic heterocycles. The molecule has 0 saturated carbocycles. The van der Waals surface area contributed by atoms with Crippen molar-refractivity contribution in [2.24, 2.45) is 0 Å². The van der Waals surface area contributed by atoms with Gasteiger partial charge in [0.05, 0.1) is 6.61 Å². The van der Waals surface area contributed by atoms with Crippen molar-refractivity contribution in [3.05, 3.63) is 35.9 Å². The second-order valence-corrected chi connectivity index (χ2v) is 4.98. The summed E-state index contributed by atoms with van der Waals surface area (Å²) in [6, 6.07) is 8.44. The van der Waals surface area contributed by atoms with Gasteiger partial charge in [0.2, 0.25) is 0 Å². The van der Waals surface area contributed by atoms with Gasteiger partial charge in [0, 0.05) is 7.05 Å². The van der Waals surface area contributed by atoms with E-state index in [0.29, 0.717) is 5.56 Å². The van der Waals surface area contributed by atoms with Gasteiger partial charge in [0.25, 0.3) is 5.91 Å². The number of hydrogen-bond acceptors (Lipinski definition) is 4. The number of nitrogens with zero attached hydrogens (tertiary/aromatic N) is 2. The van der Waals surface area contributed by atoms with Crippen LogP contribution >= 0.6 is 0 Å². The van der Waals surface area contributed by atoms with Gasteiger partial charge < -0.3 is 4.74 Å². The summed E-state index contributed by atoms with van der Waals surface area (Å²) in [7, 11) is 1.41. The van der Waals surface area contributed by atoms with Crippen molar-refractivity contribution in [2.75, 3.05) is 20.2 Å². The number of urea groups is 1. The third-order valence-electron chi connectivity index (χ3n) is 3.71. The van der Waals surface area contributed by atoms with Crippen LogP contribution in [0.2, 0.25) is 0 Å². The number of esters is 1. The van der Waals surface area contributed by atoms with E-state index in [1.54, 1.807) is 38.1 Å². The van der Waals surface area contributed by atoms with Crippen LogP contribution in [-0.2, 0) is 19.9 Å². The van der Waals surface area contributed by atoms with Crippen LogP contribution in [0, 0.1) is 0 Å². The molecule has 0 spiro atoms. The summed E-state index contributed by atoms with van der Waals surface area (Å²) >= 11 is 0. The number of likely N-dealkylation sites (N-methyl/N-ethyl adjacent to an activating group) is 1. The van der Waals surface area contributed by atoms with E-state index >= 15 is 0 Å². The first kappa shape index (κ1) is 15.0. The highest BCUT2D eigenvalue weighted by atomic mass is 16.5. The summed E-state index contributed by atoms with van der Waals surface area (Å²) in [5.74, 6) is -0.890. The summed E-state index contributed by atoms with van der Waals surface area (Å²) in [5.41, 5.74) is -0.531. The summed E-state index contributed by atoms with van der Waals surface area (Å²) in [4.78, 5) is 38.8. The maximum atomic E-state index is 12.5. The number of rotatable bonds is 4. The molecule has 1 aliphatic rings. The lowest BCUT2D eigenvalue weighted by atomic mass is 9.90. The third-order valence-corrected chi connectivity index (χ3v) is 3.71. The molecule has 21 heavy (non-hydrogen) atoms. The zero-order valence-electron chi connectivity index (χ0n) is 12.3. The number of amides is 3. The number of carbonyl (C=O) groups is 3. The number of benzene rings is 1. The Labute approximate surface area is 123 Å². The third kappa shape index (κ3) is 2.37. The fraction of sp³-hybridized carbons (Fsp3) is 0.400. The fourth-order valence-electron chi connectivity index (χ4n) is 2.50. The topological polar surface area (TPSA) is 66.9 Å². The molecule has 0 aromatic heterocycles. The predicted molar refractivity (Wildman–Crippen MR) is 75.3 cm³/mol. The van der Waals surface area contributed by atoms with Crippen molar-refractivity contribution >= 4 is 17.9 Å². The molecule has 1 aromatic carbocycles. The Morgan fingerprint density at radius 2 is 1.86 bits per heavy atom. The smallest absolute Gasteiger partial charge is 0.328 e.